The van der Waals surface area contributed by atoms with Crippen LogP contribution in [0.5, 0.6) is 0 Å². The maximum Gasteiger partial charge on any atom is 0.308 e. The SMILES string of the molecule is Cc1sc(=O)n(CC(=O)Nc2ccccc2N)c1C. The molecule has 2 aromatic rings. The summed E-state index contributed by atoms with van der Waals surface area (Å²) in [5, 5.41) is 2.70. The minimum Gasteiger partial charge on any atom is -0.397 e. The Labute approximate surface area is 114 Å². The fourth-order valence-electron chi connectivity index (χ4n) is 1.71. The van der Waals surface area contributed by atoms with Gasteiger partial charge in [-0.25, -0.2) is 0 Å². The van der Waals surface area contributed by atoms with Crippen molar-refractivity contribution in [2.75, 3.05) is 11.1 Å². The molecule has 5 nitrogen and oxygen atoms in total. The summed E-state index contributed by atoms with van der Waals surface area (Å²) in [5.74, 6) is -0.263. The normalized spacial score (nSPS) is 10.4. The Morgan fingerprint density at radius 3 is 2.63 bits per heavy atom. The molecule has 6 heteroatoms. The van der Waals surface area contributed by atoms with E-state index in [2.05, 4.69) is 5.32 Å². The van der Waals surface area contributed by atoms with E-state index in [0.29, 0.717) is 11.4 Å². The number of rotatable bonds is 3. The minimum absolute atomic E-state index is 0.00331. The predicted molar refractivity (Wildman–Crippen MR) is 77.5 cm³/mol. The second-order valence-electron chi connectivity index (χ2n) is 4.23. The summed E-state index contributed by atoms with van der Waals surface area (Å²) < 4.78 is 1.47. The monoisotopic (exact) mass is 277 g/mol. The van der Waals surface area contributed by atoms with Gasteiger partial charge in [0.15, 0.2) is 0 Å². The number of aromatic nitrogens is 1. The zero-order valence-corrected chi connectivity index (χ0v) is 11.6. The molecule has 0 aliphatic carbocycles. The molecule has 0 atom stereocenters. The van der Waals surface area contributed by atoms with Crippen molar-refractivity contribution in [1.29, 1.82) is 0 Å². The average Bonchev–Trinajstić information content (AvgIpc) is 2.59. The summed E-state index contributed by atoms with van der Waals surface area (Å²) in [6.45, 7) is 3.70. The predicted octanol–water partition coefficient (Wildman–Crippen LogP) is 1.75. The summed E-state index contributed by atoms with van der Waals surface area (Å²) in [7, 11) is 0. The van der Waals surface area contributed by atoms with E-state index in [1.54, 1.807) is 24.3 Å². The van der Waals surface area contributed by atoms with Gasteiger partial charge in [0.05, 0.1) is 11.4 Å². The Kier molecular flexibility index (Phi) is 3.71. The molecule has 1 aromatic heterocycles. The molecule has 0 aliphatic rings. The molecular weight excluding hydrogens is 262 g/mol. The van der Waals surface area contributed by atoms with Crippen LogP contribution >= 0.6 is 11.3 Å². The molecule has 3 N–H and O–H groups in total. The summed E-state index contributed by atoms with van der Waals surface area (Å²) in [6, 6.07) is 7.02. The number of thiazole rings is 1. The lowest BCUT2D eigenvalue weighted by molar-refractivity contribution is -0.116. The Morgan fingerprint density at radius 1 is 1.37 bits per heavy atom. The number of carbonyl (C=O) groups is 1. The highest BCUT2D eigenvalue weighted by Crippen LogP contribution is 2.17. The summed E-state index contributed by atoms with van der Waals surface area (Å²) in [5.41, 5.74) is 7.63. The van der Waals surface area contributed by atoms with E-state index in [1.807, 2.05) is 13.8 Å². The fourth-order valence-corrected chi connectivity index (χ4v) is 2.55. The number of hydrogen-bond donors (Lipinski definition) is 2. The van der Waals surface area contributed by atoms with E-state index in [0.717, 1.165) is 21.9 Å². The summed E-state index contributed by atoms with van der Waals surface area (Å²) >= 11 is 1.15. The summed E-state index contributed by atoms with van der Waals surface area (Å²) in [4.78, 5) is 24.4. The molecule has 0 bridgehead atoms. The quantitative estimate of drug-likeness (QED) is 0.839. The third-order valence-corrected chi connectivity index (χ3v) is 3.91. The topological polar surface area (TPSA) is 77.1 Å². The molecule has 0 fully saturated rings. The molecule has 0 saturated carbocycles. The number of benzene rings is 1. The first-order chi connectivity index (χ1) is 8.99. The molecule has 0 unspecified atom stereocenters. The van der Waals surface area contributed by atoms with E-state index in [-0.39, 0.29) is 17.3 Å². The van der Waals surface area contributed by atoms with Gasteiger partial charge in [0, 0.05) is 10.6 Å². The Bertz CT molecular complexity index is 673. The molecule has 1 amide bonds. The van der Waals surface area contributed by atoms with E-state index < -0.39 is 0 Å². The van der Waals surface area contributed by atoms with Crippen LogP contribution in [0.4, 0.5) is 11.4 Å². The van der Waals surface area contributed by atoms with Gasteiger partial charge in [-0.15, -0.1) is 0 Å². The fraction of sp³-hybridized carbons (Fsp3) is 0.231. The lowest BCUT2D eigenvalue weighted by Crippen LogP contribution is -2.25. The highest BCUT2D eigenvalue weighted by Gasteiger charge is 2.12. The first-order valence-electron chi connectivity index (χ1n) is 5.80. The molecule has 0 saturated heterocycles. The maximum atomic E-state index is 11.9. The van der Waals surface area contributed by atoms with Crippen LogP contribution in [0.25, 0.3) is 0 Å². The minimum atomic E-state index is -0.263. The smallest absolute Gasteiger partial charge is 0.308 e. The molecule has 0 spiro atoms. The number of amides is 1. The van der Waals surface area contributed by atoms with Gasteiger partial charge >= 0.3 is 4.87 Å². The van der Waals surface area contributed by atoms with Gasteiger partial charge in [-0.3, -0.25) is 14.2 Å². The van der Waals surface area contributed by atoms with Gasteiger partial charge in [0.25, 0.3) is 0 Å². The van der Waals surface area contributed by atoms with Crippen LogP contribution in [0, 0.1) is 13.8 Å². The van der Waals surface area contributed by atoms with Gasteiger partial charge in [0.1, 0.15) is 6.54 Å². The Hall–Kier alpha value is -2.08. The summed E-state index contributed by atoms with van der Waals surface area (Å²) in [6.07, 6.45) is 0. The molecule has 19 heavy (non-hydrogen) atoms. The molecule has 2 rings (SSSR count). The van der Waals surface area contributed by atoms with Crippen molar-refractivity contribution in [3.05, 3.63) is 44.5 Å². The second kappa shape index (κ2) is 5.27. The van der Waals surface area contributed by atoms with Crippen molar-refractivity contribution in [1.82, 2.24) is 4.57 Å². The van der Waals surface area contributed by atoms with Gasteiger partial charge in [0.2, 0.25) is 5.91 Å². The van der Waals surface area contributed by atoms with Crippen molar-refractivity contribution in [2.45, 2.75) is 20.4 Å². The van der Waals surface area contributed by atoms with Gasteiger partial charge in [-0.2, -0.15) is 0 Å². The number of nitrogen functional groups attached to an aromatic ring is 1. The van der Waals surface area contributed by atoms with E-state index >= 15 is 0 Å². The highest BCUT2D eigenvalue weighted by atomic mass is 32.1. The van der Waals surface area contributed by atoms with Crippen molar-refractivity contribution in [3.8, 4) is 0 Å². The standard InChI is InChI=1S/C13H15N3O2S/c1-8-9(2)19-13(18)16(8)7-12(17)15-11-6-4-3-5-10(11)14/h3-6H,7,14H2,1-2H3,(H,15,17). The third-order valence-electron chi connectivity index (χ3n) is 2.91. The zero-order valence-electron chi connectivity index (χ0n) is 10.8. The van der Waals surface area contributed by atoms with Crippen LogP contribution in [-0.2, 0) is 11.3 Å². The van der Waals surface area contributed by atoms with Crippen molar-refractivity contribution in [3.63, 3.8) is 0 Å². The first kappa shape index (κ1) is 13.4. The van der Waals surface area contributed by atoms with Crippen molar-refractivity contribution in [2.24, 2.45) is 0 Å². The zero-order chi connectivity index (χ0) is 14.0. The largest absolute Gasteiger partial charge is 0.397 e. The number of nitrogens with one attached hydrogen (secondary N) is 1. The van der Waals surface area contributed by atoms with Crippen molar-refractivity contribution < 1.29 is 4.79 Å². The highest BCUT2D eigenvalue weighted by molar-refractivity contribution is 7.09. The second-order valence-corrected chi connectivity index (χ2v) is 5.40. The van der Waals surface area contributed by atoms with Crippen molar-refractivity contribution >= 4 is 28.6 Å². The van der Waals surface area contributed by atoms with Gasteiger partial charge in [-0.05, 0) is 26.0 Å². The molecule has 1 heterocycles. The lowest BCUT2D eigenvalue weighted by Gasteiger charge is -2.09. The molecule has 100 valence electrons. The van der Waals surface area contributed by atoms with Crippen LogP contribution in [-0.4, -0.2) is 10.5 Å². The molecule has 0 radical (unpaired) electrons. The molecular formula is C13H15N3O2S. The molecule has 0 aliphatic heterocycles. The van der Waals surface area contributed by atoms with Crippen LogP contribution in [0.2, 0.25) is 0 Å². The number of nitrogens with two attached hydrogens (primary N) is 1. The number of carbonyl (C=O) groups excluding carboxylic acids is 1. The van der Waals surface area contributed by atoms with E-state index in [9.17, 15) is 9.59 Å². The Balaban J connectivity index is 2.14. The van der Waals surface area contributed by atoms with E-state index in [4.69, 9.17) is 5.73 Å². The average molecular weight is 277 g/mol. The van der Waals surface area contributed by atoms with E-state index in [1.165, 1.54) is 4.57 Å². The number of anilines is 2. The number of nitrogens with zero attached hydrogens (tertiary/aromatic N) is 1. The van der Waals surface area contributed by atoms with Gasteiger partial charge in [-0.1, -0.05) is 23.5 Å². The van der Waals surface area contributed by atoms with Crippen LogP contribution in [0.1, 0.15) is 10.6 Å². The van der Waals surface area contributed by atoms with Crippen LogP contribution in [0.3, 0.4) is 0 Å². The first-order valence-corrected chi connectivity index (χ1v) is 6.62. The Morgan fingerprint density at radius 2 is 2.05 bits per heavy atom. The number of para-hydroxylation sites is 2. The molecule has 1 aromatic carbocycles. The van der Waals surface area contributed by atoms with Crippen LogP contribution in [0.15, 0.2) is 29.1 Å². The van der Waals surface area contributed by atoms with Crippen LogP contribution < -0.4 is 15.9 Å². The number of hydrogen-bond acceptors (Lipinski definition) is 4. The third kappa shape index (κ3) is 2.85. The van der Waals surface area contributed by atoms with Gasteiger partial charge < -0.3 is 11.1 Å². The number of aryl methyl sites for hydroxylation is 1. The lowest BCUT2D eigenvalue weighted by atomic mass is 10.2. The maximum absolute atomic E-state index is 11.9.